The highest BCUT2D eigenvalue weighted by atomic mass is 16.5. The molecule has 0 bridgehead atoms. The fourth-order valence-electron chi connectivity index (χ4n) is 3.42. The van der Waals surface area contributed by atoms with Crippen molar-refractivity contribution in [2.75, 3.05) is 23.8 Å². The van der Waals surface area contributed by atoms with Gasteiger partial charge in [0, 0.05) is 13.2 Å². The van der Waals surface area contributed by atoms with Crippen LogP contribution in [0.1, 0.15) is 35.6 Å². The molecule has 158 valence electrons. The fourth-order valence-corrected chi connectivity index (χ4v) is 3.42. The maximum absolute atomic E-state index is 5.91. The van der Waals surface area contributed by atoms with Crippen molar-refractivity contribution in [1.82, 2.24) is 0 Å². The van der Waals surface area contributed by atoms with Crippen LogP contribution in [0.5, 0.6) is 0 Å². The third kappa shape index (κ3) is 6.93. The number of nitrogens with one attached hydrogen (secondary N) is 2. The predicted octanol–water partition coefficient (Wildman–Crippen LogP) is 6.37. The van der Waals surface area contributed by atoms with Crippen molar-refractivity contribution < 1.29 is 4.74 Å². The Morgan fingerprint density at radius 2 is 1.37 bits per heavy atom. The summed E-state index contributed by atoms with van der Waals surface area (Å²) in [5, 5.41) is 7.32. The van der Waals surface area contributed by atoms with E-state index >= 15 is 0 Å². The van der Waals surface area contributed by atoms with Gasteiger partial charge in [0.15, 0.2) is 0 Å². The summed E-state index contributed by atoms with van der Waals surface area (Å²) in [5.74, 6) is 0. The van der Waals surface area contributed by atoms with E-state index in [1.165, 1.54) is 22.3 Å². The van der Waals surface area contributed by atoms with E-state index in [1.807, 2.05) is 0 Å². The molecule has 0 aliphatic heterocycles. The molecule has 0 aliphatic carbocycles. The summed E-state index contributed by atoms with van der Waals surface area (Å²) in [6.07, 6.45) is 1.96. The van der Waals surface area contributed by atoms with Crippen LogP contribution < -0.4 is 10.6 Å². The Balaban J connectivity index is 1.69. The third-order valence-corrected chi connectivity index (χ3v) is 5.16. The summed E-state index contributed by atoms with van der Waals surface area (Å²) >= 11 is 0. The van der Waals surface area contributed by atoms with E-state index in [2.05, 4.69) is 104 Å². The monoisotopic (exact) mass is 402 g/mol. The molecule has 0 aromatic heterocycles. The van der Waals surface area contributed by atoms with Crippen molar-refractivity contribution in [2.45, 2.75) is 46.2 Å². The Morgan fingerprint density at radius 3 is 2.00 bits per heavy atom. The molecule has 3 heteroatoms. The minimum absolute atomic E-state index is 0.210. The van der Waals surface area contributed by atoms with Gasteiger partial charge in [0.05, 0.1) is 24.0 Å². The van der Waals surface area contributed by atoms with Crippen molar-refractivity contribution in [3.63, 3.8) is 0 Å². The summed E-state index contributed by atoms with van der Waals surface area (Å²) in [7, 11) is 0. The zero-order chi connectivity index (χ0) is 21.2. The average Bonchev–Trinajstić information content (AvgIpc) is 2.76. The van der Waals surface area contributed by atoms with Crippen LogP contribution in [0, 0.1) is 13.8 Å². The molecule has 0 fully saturated rings. The molecule has 0 amide bonds. The second-order valence-corrected chi connectivity index (χ2v) is 7.99. The number of para-hydroxylation sites is 2. The van der Waals surface area contributed by atoms with Crippen LogP contribution in [0.2, 0.25) is 0 Å². The van der Waals surface area contributed by atoms with E-state index in [0.29, 0.717) is 6.61 Å². The summed E-state index contributed by atoms with van der Waals surface area (Å²) in [6, 6.07) is 26.1. The molecule has 1 atom stereocenters. The maximum Gasteiger partial charge on any atom is 0.0671 e. The Kier molecular flexibility index (Phi) is 8.34. The highest BCUT2D eigenvalue weighted by Crippen LogP contribution is 2.24. The second-order valence-electron chi connectivity index (χ2n) is 7.99. The van der Waals surface area contributed by atoms with Crippen molar-refractivity contribution in [3.8, 4) is 0 Å². The molecular weight excluding hydrogens is 368 g/mol. The Bertz CT molecular complexity index is 887. The first-order chi connectivity index (χ1) is 14.6. The molecule has 0 unspecified atom stereocenters. The van der Waals surface area contributed by atoms with E-state index in [9.17, 15) is 0 Å². The van der Waals surface area contributed by atoms with Crippen LogP contribution in [0.15, 0.2) is 72.8 Å². The van der Waals surface area contributed by atoms with Gasteiger partial charge < -0.3 is 15.4 Å². The lowest BCUT2D eigenvalue weighted by Crippen LogP contribution is -2.28. The molecular formula is C27H34N2O. The standard InChI is InChI=1S/C27H34N2O/c1-4-17-30-20-25(18-23-13-9-21(2)10-14-23)29-27-8-6-5-7-26(27)28-19-24-15-11-22(3)12-16-24/h5-16,25,28-29H,4,17-20H2,1-3H3/t25-/m0/s1. The maximum atomic E-state index is 5.91. The van der Waals surface area contributed by atoms with Gasteiger partial charge in [-0.2, -0.15) is 0 Å². The van der Waals surface area contributed by atoms with Gasteiger partial charge >= 0.3 is 0 Å². The number of benzene rings is 3. The van der Waals surface area contributed by atoms with Gasteiger partial charge in [-0.25, -0.2) is 0 Å². The van der Waals surface area contributed by atoms with E-state index in [0.717, 1.165) is 37.4 Å². The SMILES string of the molecule is CCCOC[C@H](Cc1ccc(C)cc1)Nc1ccccc1NCc1ccc(C)cc1. The van der Waals surface area contributed by atoms with Crippen LogP contribution >= 0.6 is 0 Å². The minimum atomic E-state index is 0.210. The lowest BCUT2D eigenvalue weighted by Gasteiger charge is -2.22. The van der Waals surface area contributed by atoms with Gasteiger partial charge in [-0.15, -0.1) is 0 Å². The zero-order valence-corrected chi connectivity index (χ0v) is 18.4. The lowest BCUT2D eigenvalue weighted by atomic mass is 10.0. The molecule has 3 nitrogen and oxygen atoms in total. The summed E-state index contributed by atoms with van der Waals surface area (Å²) < 4.78 is 5.91. The lowest BCUT2D eigenvalue weighted by molar-refractivity contribution is 0.125. The van der Waals surface area contributed by atoms with Gasteiger partial charge in [0.1, 0.15) is 0 Å². The van der Waals surface area contributed by atoms with Crippen molar-refractivity contribution in [1.29, 1.82) is 0 Å². The second kappa shape index (κ2) is 11.4. The van der Waals surface area contributed by atoms with Gasteiger partial charge in [-0.1, -0.05) is 78.7 Å². The van der Waals surface area contributed by atoms with Crippen LogP contribution in [0.4, 0.5) is 11.4 Å². The molecule has 0 saturated heterocycles. The van der Waals surface area contributed by atoms with E-state index in [-0.39, 0.29) is 6.04 Å². The Labute approximate surface area is 181 Å². The van der Waals surface area contributed by atoms with Crippen molar-refractivity contribution in [2.24, 2.45) is 0 Å². The van der Waals surface area contributed by atoms with Crippen molar-refractivity contribution >= 4 is 11.4 Å². The highest BCUT2D eigenvalue weighted by Gasteiger charge is 2.12. The molecule has 3 aromatic carbocycles. The third-order valence-electron chi connectivity index (χ3n) is 5.16. The van der Waals surface area contributed by atoms with E-state index < -0.39 is 0 Å². The Morgan fingerprint density at radius 1 is 0.767 bits per heavy atom. The number of hydrogen-bond donors (Lipinski definition) is 2. The molecule has 2 N–H and O–H groups in total. The topological polar surface area (TPSA) is 33.3 Å². The van der Waals surface area contributed by atoms with E-state index in [4.69, 9.17) is 4.74 Å². The summed E-state index contributed by atoms with van der Waals surface area (Å²) in [5.41, 5.74) is 7.40. The minimum Gasteiger partial charge on any atom is -0.379 e. The first kappa shape index (κ1) is 21.9. The van der Waals surface area contributed by atoms with Crippen LogP contribution in [-0.4, -0.2) is 19.3 Å². The number of ether oxygens (including phenoxy) is 1. The molecule has 0 spiro atoms. The van der Waals surface area contributed by atoms with E-state index in [1.54, 1.807) is 0 Å². The quantitative estimate of drug-likeness (QED) is 0.366. The molecule has 0 saturated carbocycles. The summed E-state index contributed by atoms with van der Waals surface area (Å²) in [6.45, 7) is 8.67. The van der Waals surface area contributed by atoms with Gasteiger partial charge in [-0.05, 0) is 49.9 Å². The molecule has 3 aromatic rings. The largest absolute Gasteiger partial charge is 0.379 e. The first-order valence-corrected chi connectivity index (χ1v) is 10.9. The van der Waals surface area contributed by atoms with Gasteiger partial charge in [0.25, 0.3) is 0 Å². The van der Waals surface area contributed by atoms with Crippen LogP contribution in [-0.2, 0) is 17.7 Å². The molecule has 30 heavy (non-hydrogen) atoms. The molecule has 0 heterocycles. The summed E-state index contributed by atoms with van der Waals surface area (Å²) in [4.78, 5) is 0. The number of hydrogen-bond acceptors (Lipinski definition) is 3. The first-order valence-electron chi connectivity index (χ1n) is 10.9. The zero-order valence-electron chi connectivity index (χ0n) is 18.4. The Hall–Kier alpha value is -2.78. The smallest absolute Gasteiger partial charge is 0.0671 e. The van der Waals surface area contributed by atoms with Gasteiger partial charge in [-0.3, -0.25) is 0 Å². The number of anilines is 2. The van der Waals surface area contributed by atoms with Crippen LogP contribution in [0.25, 0.3) is 0 Å². The number of rotatable bonds is 11. The molecule has 0 radical (unpaired) electrons. The predicted molar refractivity (Wildman–Crippen MR) is 128 cm³/mol. The van der Waals surface area contributed by atoms with Crippen LogP contribution in [0.3, 0.4) is 0 Å². The average molecular weight is 403 g/mol. The molecule has 0 aliphatic rings. The molecule has 3 rings (SSSR count). The fraction of sp³-hybridized carbons (Fsp3) is 0.333. The van der Waals surface area contributed by atoms with Gasteiger partial charge in [0.2, 0.25) is 0 Å². The normalized spacial score (nSPS) is 11.8. The van der Waals surface area contributed by atoms with Crippen molar-refractivity contribution in [3.05, 3.63) is 95.1 Å². The highest BCUT2D eigenvalue weighted by molar-refractivity contribution is 5.69. The number of aryl methyl sites for hydroxylation is 2.